The van der Waals surface area contributed by atoms with Crippen molar-refractivity contribution in [3.8, 4) is 5.75 Å². The Labute approximate surface area is 325 Å². The molecule has 0 aliphatic heterocycles. The van der Waals surface area contributed by atoms with Gasteiger partial charge in [0.25, 0.3) is 11.4 Å². The summed E-state index contributed by atoms with van der Waals surface area (Å²) in [4.78, 5) is 20.6. The van der Waals surface area contributed by atoms with Gasteiger partial charge in [-0.25, -0.2) is 0 Å². The van der Waals surface area contributed by atoms with E-state index in [1.165, 1.54) is 62.6 Å². The van der Waals surface area contributed by atoms with Crippen LogP contribution in [0.15, 0.2) is 42.5 Å². The number of unbranched alkanes of at least 4 members (excludes halogenated alkanes) is 6. The van der Waals surface area contributed by atoms with E-state index < -0.39 is 9.85 Å². The van der Waals surface area contributed by atoms with E-state index in [-0.39, 0.29) is 23.7 Å². The van der Waals surface area contributed by atoms with Gasteiger partial charge in [0.2, 0.25) is 0 Å². The summed E-state index contributed by atoms with van der Waals surface area (Å²) >= 11 is 0. The molecular weight excluding hydrogens is 718 g/mol. The van der Waals surface area contributed by atoms with Crippen LogP contribution in [0.3, 0.4) is 0 Å². The molecule has 312 valence electrons. The first kappa shape index (κ1) is 47.7. The molecule has 2 aromatic carbocycles. The number of nitro benzene ring substituents is 2. The Bertz CT molecular complexity index is 1240. The third-order valence-electron chi connectivity index (χ3n) is 8.04. The molecule has 0 radical (unpaired) electrons. The lowest BCUT2D eigenvalue weighted by atomic mass is 10.0. The lowest BCUT2D eigenvalue weighted by Gasteiger charge is -2.09. The van der Waals surface area contributed by atoms with Gasteiger partial charge in [0.1, 0.15) is 18.0 Å². The van der Waals surface area contributed by atoms with Crippen LogP contribution >= 0.6 is 0 Å². The summed E-state index contributed by atoms with van der Waals surface area (Å²) in [6.45, 7) is 10.2. The van der Waals surface area contributed by atoms with Gasteiger partial charge in [0.15, 0.2) is 0 Å². The zero-order valence-electron chi connectivity index (χ0n) is 32.6. The fraction of sp³-hybridized carbons (Fsp3) is 0.692. The van der Waals surface area contributed by atoms with E-state index in [9.17, 15) is 20.2 Å². The summed E-state index contributed by atoms with van der Waals surface area (Å²) in [5, 5.41) is 24.8. The highest BCUT2D eigenvalue weighted by Crippen LogP contribution is 2.28. The average molecular weight is 782 g/mol. The summed E-state index contributed by atoms with van der Waals surface area (Å²) in [6, 6.07) is 11.8. The third-order valence-corrected chi connectivity index (χ3v) is 8.04. The molecule has 0 atom stereocenters. The number of ether oxygens (including phenoxy) is 9. The van der Waals surface area contributed by atoms with Crippen LogP contribution < -0.4 is 10.1 Å². The number of nitro groups is 2. The molecule has 1 N–H and O–H groups in total. The number of hydrogen-bond acceptors (Lipinski definition) is 14. The van der Waals surface area contributed by atoms with Gasteiger partial charge >= 0.3 is 0 Å². The minimum absolute atomic E-state index is 0.188. The van der Waals surface area contributed by atoms with Crippen molar-refractivity contribution in [2.24, 2.45) is 0 Å². The lowest BCUT2D eigenvalue weighted by Crippen LogP contribution is -2.16. The first-order valence-electron chi connectivity index (χ1n) is 19.5. The Morgan fingerprint density at radius 3 is 1.40 bits per heavy atom. The van der Waals surface area contributed by atoms with Crippen LogP contribution in [0.4, 0.5) is 17.1 Å². The molecule has 0 fully saturated rings. The molecular formula is C39H63N3O13. The van der Waals surface area contributed by atoms with Crippen LogP contribution in [0.5, 0.6) is 5.75 Å². The van der Waals surface area contributed by atoms with E-state index in [2.05, 4.69) is 24.4 Å². The highest BCUT2D eigenvalue weighted by atomic mass is 16.6. The van der Waals surface area contributed by atoms with Crippen molar-refractivity contribution in [2.45, 2.75) is 58.3 Å². The van der Waals surface area contributed by atoms with Crippen LogP contribution in [0.1, 0.15) is 57.4 Å². The van der Waals surface area contributed by atoms with Crippen molar-refractivity contribution in [3.05, 3.63) is 68.3 Å². The van der Waals surface area contributed by atoms with Crippen LogP contribution in [-0.2, 0) is 44.3 Å². The van der Waals surface area contributed by atoms with Crippen molar-refractivity contribution in [3.63, 3.8) is 0 Å². The Balaban J connectivity index is 1.23. The fourth-order valence-corrected chi connectivity index (χ4v) is 5.09. The molecule has 16 heteroatoms. The minimum Gasteiger partial charge on any atom is -0.491 e. The summed E-state index contributed by atoms with van der Waals surface area (Å²) in [6.07, 6.45) is 10.4. The molecule has 0 spiro atoms. The summed E-state index contributed by atoms with van der Waals surface area (Å²) in [5.74, 6) is 0.871. The van der Waals surface area contributed by atoms with Crippen molar-refractivity contribution < 1.29 is 52.5 Å². The number of aryl methyl sites for hydroxylation is 1. The molecule has 0 amide bonds. The van der Waals surface area contributed by atoms with E-state index in [1.807, 2.05) is 12.1 Å². The molecule has 0 saturated heterocycles. The van der Waals surface area contributed by atoms with Crippen molar-refractivity contribution in [2.75, 3.05) is 124 Å². The Hall–Kier alpha value is -3.48. The Kier molecular flexibility index (Phi) is 29.3. The standard InChI is InChI=1S/C39H63N3O13/c1-2-3-4-5-6-7-8-9-35-10-13-37(14-11-35)55-33-32-54-31-30-53-29-28-52-27-26-51-25-24-50-23-22-49-21-20-48-19-18-47-17-16-40-38-15-12-36(41(43)44)34-39(38)42(45)46/h10-15,34,40H,2-9,16-33H2,1H3. The molecule has 0 heterocycles. The number of hydrogen-bond donors (Lipinski definition) is 1. The van der Waals surface area contributed by atoms with E-state index in [4.69, 9.17) is 42.6 Å². The molecule has 2 aromatic rings. The molecule has 0 saturated carbocycles. The van der Waals surface area contributed by atoms with Gasteiger partial charge in [0.05, 0.1) is 122 Å². The van der Waals surface area contributed by atoms with Crippen LogP contribution in [0.2, 0.25) is 0 Å². The van der Waals surface area contributed by atoms with Gasteiger partial charge in [-0.3, -0.25) is 20.2 Å². The smallest absolute Gasteiger partial charge is 0.299 e. The topological polar surface area (TPSA) is 181 Å². The van der Waals surface area contributed by atoms with Crippen molar-refractivity contribution in [1.29, 1.82) is 0 Å². The second-order valence-electron chi connectivity index (χ2n) is 12.4. The molecule has 16 nitrogen and oxygen atoms in total. The maximum atomic E-state index is 11.2. The molecule has 0 aliphatic carbocycles. The maximum Gasteiger partial charge on any atom is 0.299 e. The van der Waals surface area contributed by atoms with Gasteiger partial charge in [-0.05, 0) is 36.6 Å². The van der Waals surface area contributed by atoms with Crippen LogP contribution in [0, 0.1) is 20.2 Å². The van der Waals surface area contributed by atoms with Gasteiger partial charge in [-0.2, -0.15) is 0 Å². The summed E-state index contributed by atoms with van der Waals surface area (Å²) in [7, 11) is 0. The monoisotopic (exact) mass is 781 g/mol. The number of non-ortho nitro benzene ring substituents is 1. The fourth-order valence-electron chi connectivity index (χ4n) is 5.09. The van der Waals surface area contributed by atoms with Crippen LogP contribution in [-0.4, -0.2) is 129 Å². The molecule has 0 bridgehead atoms. The van der Waals surface area contributed by atoms with E-state index in [1.54, 1.807) is 0 Å². The first-order chi connectivity index (χ1) is 27.0. The number of rotatable bonds is 39. The van der Waals surface area contributed by atoms with E-state index in [0.29, 0.717) is 112 Å². The summed E-state index contributed by atoms with van der Waals surface area (Å²) in [5.41, 5.74) is 0.849. The van der Waals surface area contributed by atoms with Gasteiger partial charge in [-0.1, -0.05) is 57.6 Å². The largest absolute Gasteiger partial charge is 0.491 e. The van der Waals surface area contributed by atoms with E-state index in [0.717, 1.165) is 18.2 Å². The predicted octanol–water partition coefficient (Wildman–Crippen LogP) is 6.42. The number of benzene rings is 2. The zero-order chi connectivity index (χ0) is 39.4. The van der Waals surface area contributed by atoms with Crippen LogP contribution in [0.25, 0.3) is 0 Å². The molecule has 0 aromatic heterocycles. The highest BCUT2D eigenvalue weighted by Gasteiger charge is 2.19. The predicted molar refractivity (Wildman–Crippen MR) is 208 cm³/mol. The first-order valence-corrected chi connectivity index (χ1v) is 19.5. The SMILES string of the molecule is CCCCCCCCCc1ccc(OCCOCCOCCOCCOCCOCCOCCOCCOCCNc2ccc([N+](=O)[O-])cc2[N+](=O)[O-])cc1. The van der Waals surface area contributed by atoms with Gasteiger partial charge in [-0.15, -0.1) is 0 Å². The normalized spacial score (nSPS) is 11.2. The quantitative estimate of drug-likeness (QED) is 0.0446. The van der Waals surface area contributed by atoms with Crippen molar-refractivity contribution in [1.82, 2.24) is 0 Å². The Morgan fingerprint density at radius 1 is 0.509 bits per heavy atom. The second-order valence-corrected chi connectivity index (χ2v) is 12.4. The zero-order valence-corrected chi connectivity index (χ0v) is 32.6. The summed E-state index contributed by atoms with van der Waals surface area (Å²) < 4.78 is 49.7. The molecule has 55 heavy (non-hydrogen) atoms. The van der Waals surface area contributed by atoms with Gasteiger partial charge in [0, 0.05) is 12.6 Å². The second kappa shape index (κ2) is 33.8. The number of nitrogens with one attached hydrogen (secondary N) is 1. The average Bonchev–Trinajstić information content (AvgIpc) is 3.19. The Morgan fingerprint density at radius 2 is 0.945 bits per heavy atom. The highest BCUT2D eigenvalue weighted by molar-refractivity contribution is 5.65. The third kappa shape index (κ3) is 26.1. The molecule has 0 aliphatic rings. The minimum atomic E-state index is -0.678. The number of anilines is 1. The molecule has 0 unspecified atom stereocenters. The molecule has 2 rings (SSSR count). The maximum absolute atomic E-state index is 11.2. The lowest BCUT2D eigenvalue weighted by molar-refractivity contribution is -0.393. The van der Waals surface area contributed by atoms with Crippen molar-refractivity contribution >= 4 is 17.1 Å². The number of nitrogens with zero attached hydrogens (tertiary/aromatic N) is 2. The van der Waals surface area contributed by atoms with Gasteiger partial charge < -0.3 is 47.9 Å². The van der Waals surface area contributed by atoms with E-state index >= 15 is 0 Å².